The third-order valence-electron chi connectivity index (χ3n) is 3.89. The van der Waals surface area contributed by atoms with E-state index in [0.717, 1.165) is 38.5 Å². The van der Waals surface area contributed by atoms with E-state index < -0.39 is 0 Å². The zero-order chi connectivity index (χ0) is 13.9. The summed E-state index contributed by atoms with van der Waals surface area (Å²) in [7, 11) is 1.80. The van der Waals surface area contributed by atoms with Gasteiger partial charge in [0.25, 0.3) is 0 Å². The Bertz CT molecular complexity index is 529. The molecule has 1 saturated heterocycles. The average molecular weight is 292 g/mol. The summed E-state index contributed by atoms with van der Waals surface area (Å²) in [6.07, 6.45) is 0. The minimum Gasteiger partial charge on any atom is -0.294 e. The Kier molecular flexibility index (Phi) is 4.09. The SMILES string of the molecule is C[C@H](c1ccsc1)N1CCN(Cc2nnn(C)n2)CC1. The maximum absolute atomic E-state index is 4.24. The van der Waals surface area contributed by atoms with Gasteiger partial charge in [-0.2, -0.15) is 16.1 Å². The topological polar surface area (TPSA) is 50.1 Å². The molecule has 20 heavy (non-hydrogen) atoms. The van der Waals surface area contributed by atoms with Crippen LogP contribution in [0.15, 0.2) is 16.8 Å². The van der Waals surface area contributed by atoms with E-state index in [1.807, 2.05) is 0 Å². The Balaban J connectivity index is 1.52. The summed E-state index contributed by atoms with van der Waals surface area (Å²) in [5, 5.41) is 16.6. The standard InChI is InChI=1S/C13H20N6S/c1-11(12-3-8-20-10-12)19-6-4-18(5-7-19)9-13-14-16-17(2)15-13/h3,8,10-11H,4-7,9H2,1-2H3/t11-/m1/s1. The molecule has 0 aliphatic carbocycles. The van der Waals surface area contributed by atoms with Crippen LogP contribution in [0, 0.1) is 0 Å². The van der Waals surface area contributed by atoms with Crippen molar-refractivity contribution in [3.8, 4) is 0 Å². The van der Waals surface area contributed by atoms with Gasteiger partial charge < -0.3 is 0 Å². The summed E-state index contributed by atoms with van der Waals surface area (Å²) < 4.78 is 0. The van der Waals surface area contributed by atoms with Gasteiger partial charge in [0.05, 0.1) is 13.6 Å². The highest BCUT2D eigenvalue weighted by Crippen LogP contribution is 2.23. The Morgan fingerprint density at radius 2 is 2.10 bits per heavy atom. The van der Waals surface area contributed by atoms with E-state index in [2.05, 4.69) is 49.0 Å². The van der Waals surface area contributed by atoms with Gasteiger partial charge in [-0.25, -0.2) is 0 Å². The number of thiophene rings is 1. The van der Waals surface area contributed by atoms with E-state index in [-0.39, 0.29) is 0 Å². The van der Waals surface area contributed by atoms with Gasteiger partial charge in [-0.1, -0.05) is 0 Å². The molecule has 0 unspecified atom stereocenters. The fraction of sp³-hybridized carbons (Fsp3) is 0.615. The first-order valence-electron chi connectivity index (χ1n) is 6.94. The highest BCUT2D eigenvalue weighted by Gasteiger charge is 2.22. The molecule has 1 fully saturated rings. The Morgan fingerprint density at radius 3 is 2.70 bits per heavy atom. The normalized spacial score (nSPS) is 19.3. The average Bonchev–Trinajstić information content (AvgIpc) is 3.11. The molecule has 6 nitrogen and oxygen atoms in total. The molecular weight excluding hydrogens is 272 g/mol. The zero-order valence-corrected chi connectivity index (χ0v) is 12.8. The molecule has 0 radical (unpaired) electrons. The Morgan fingerprint density at radius 1 is 1.30 bits per heavy atom. The van der Waals surface area contributed by atoms with E-state index in [1.165, 1.54) is 10.4 Å². The minimum atomic E-state index is 0.512. The van der Waals surface area contributed by atoms with E-state index in [4.69, 9.17) is 0 Å². The van der Waals surface area contributed by atoms with Gasteiger partial charge in [-0.15, -0.1) is 10.2 Å². The molecule has 0 amide bonds. The van der Waals surface area contributed by atoms with E-state index in [9.17, 15) is 0 Å². The maximum atomic E-state index is 4.24. The van der Waals surface area contributed by atoms with Crippen LogP contribution in [-0.2, 0) is 13.6 Å². The van der Waals surface area contributed by atoms with Gasteiger partial charge in [0.15, 0.2) is 5.82 Å². The smallest absolute Gasteiger partial charge is 0.188 e. The molecule has 7 heteroatoms. The number of nitrogens with zero attached hydrogens (tertiary/aromatic N) is 6. The van der Waals surface area contributed by atoms with Gasteiger partial charge in [-0.3, -0.25) is 9.80 Å². The van der Waals surface area contributed by atoms with Crippen LogP contribution < -0.4 is 0 Å². The number of aryl methyl sites for hydroxylation is 1. The van der Waals surface area contributed by atoms with E-state index in [1.54, 1.807) is 18.4 Å². The third kappa shape index (κ3) is 3.05. The number of rotatable bonds is 4. The maximum Gasteiger partial charge on any atom is 0.188 e. The van der Waals surface area contributed by atoms with Crippen LogP contribution in [0.2, 0.25) is 0 Å². The molecule has 2 aromatic heterocycles. The molecule has 3 heterocycles. The number of hydrogen-bond acceptors (Lipinski definition) is 6. The van der Waals surface area contributed by atoms with Crippen molar-refractivity contribution in [2.45, 2.75) is 19.5 Å². The summed E-state index contributed by atoms with van der Waals surface area (Å²) in [5.74, 6) is 0.812. The van der Waals surface area contributed by atoms with Crippen molar-refractivity contribution < 1.29 is 0 Å². The van der Waals surface area contributed by atoms with Crippen molar-refractivity contribution in [1.29, 1.82) is 0 Å². The lowest BCUT2D eigenvalue weighted by atomic mass is 10.1. The van der Waals surface area contributed by atoms with Gasteiger partial charge in [0.1, 0.15) is 0 Å². The third-order valence-corrected chi connectivity index (χ3v) is 4.60. The molecular formula is C13H20N6S. The summed E-state index contributed by atoms with van der Waals surface area (Å²) in [6, 6.07) is 2.74. The minimum absolute atomic E-state index is 0.512. The molecule has 0 N–H and O–H groups in total. The lowest BCUT2D eigenvalue weighted by Crippen LogP contribution is -2.46. The first-order valence-corrected chi connectivity index (χ1v) is 7.88. The van der Waals surface area contributed by atoms with Gasteiger partial charge >= 0.3 is 0 Å². The monoisotopic (exact) mass is 292 g/mol. The van der Waals surface area contributed by atoms with Gasteiger partial charge in [0.2, 0.25) is 0 Å². The zero-order valence-electron chi connectivity index (χ0n) is 11.9. The van der Waals surface area contributed by atoms with Crippen LogP contribution in [0.5, 0.6) is 0 Å². The fourth-order valence-corrected chi connectivity index (χ4v) is 3.37. The summed E-state index contributed by atoms with van der Waals surface area (Å²) >= 11 is 1.77. The lowest BCUT2D eigenvalue weighted by molar-refractivity contribution is 0.0963. The summed E-state index contributed by atoms with van der Waals surface area (Å²) in [6.45, 7) is 7.41. The van der Waals surface area contributed by atoms with Crippen LogP contribution >= 0.6 is 11.3 Å². The van der Waals surface area contributed by atoms with Crippen molar-refractivity contribution in [2.24, 2.45) is 7.05 Å². The largest absolute Gasteiger partial charge is 0.294 e. The molecule has 0 aromatic carbocycles. The van der Waals surface area contributed by atoms with Crippen LogP contribution in [0.1, 0.15) is 24.4 Å². The van der Waals surface area contributed by atoms with Crippen molar-refractivity contribution in [1.82, 2.24) is 30.0 Å². The van der Waals surface area contributed by atoms with Crippen LogP contribution in [0.25, 0.3) is 0 Å². The first-order chi connectivity index (χ1) is 9.72. The molecule has 1 atom stereocenters. The predicted molar refractivity (Wildman–Crippen MR) is 78.4 cm³/mol. The highest BCUT2D eigenvalue weighted by molar-refractivity contribution is 7.07. The quantitative estimate of drug-likeness (QED) is 0.846. The van der Waals surface area contributed by atoms with Crippen LogP contribution in [0.3, 0.4) is 0 Å². The molecule has 2 aromatic rings. The number of aromatic nitrogens is 4. The molecule has 1 aliphatic rings. The Hall–Kier alpha value is -1.31. The van der Waals surface area contributed by atoms with Gasteiger partial charge in [-0.05, 0) is 34.5 Å². The van der Waals surface area contributed by atoms with E-state index >= 15 is 0 Å². The van der Waals surface area contributed by atoms with Crippen molar-refractivity contribution in [3.63, 3.8) is 0 Å². The molecule has 108 valence electrons. The van der Waals surface area contributed by atoms with E-state index in [0.29, 0.717) is 6.04 Å². The van der Waals surface area contributed by atoms with Gasteiger partial charge in [0, 0.05) is 32.2 Å². The molecule has 0 saturated carbocycles. The molecule has 0 spiro atoms. The highest BCUT2D eigenvalue weighted by atomic mass is 32.1. The lowest BCUT2D eigenvalue weighted by Gasteiger charge is -2.37. The second-order valence-corrected chi connectivity index (χ2v) is 6.02. The molecule has 0 bridgehead atoms. The van der Waals surface area contributed by atoms with Crippen LogP contribution in [0.4, 0.5) is 0 Å². The molecule has 3 rings (SSSR count). The fourth-order valence-electron chi connectivity index (χ4n) is 2.62. The molecule has 1 aliphatic heterocycles. The summed E-state index contributed by atoms with van der Waals surface area (Å²) in [5.41, 5.74) is 1.43. The number of piperazine rings is 1. The van der Waals surface area contributed by atoms with Crippen molar-refractivity contribution >= 4 is 11.3 Å². The Labute approximate surface area is 123 Å². The summed E-state index contributed by atoms with van der Waals surface area (Å²) in [4.78, 5) is 6.46. The predicted octanol–water partition coefficient (Wildman–Crippen LogP) is 1.15. The second kappa shape index (κ2) is 5.99. The number of hydrogen-bond donors (Lipinski definition) is 0. The first kappa shape index (κ1) is 13.7. The van der Waals surface area contributed by atoms with Crippen molar-refractivity contribution in [3.05, 3.63) is 28.2 Å². The second-order valence-electron chi connectivity index (χ2n) is 5.24. The van der Waals surface area contributed by atoms with Crippen molar-refractivity contribution in [2.75, 3.05) is 26.2 Å². The van der Waals surface area contributed by atoms with Crippen LogP contribution in [-0.4, -0.2) is 56.2 Å². The number of tetrazole rings is 1.